The van der Waals surface area contributed by atoms with Crippen LogP contribution in [-0.4, -0.2) is 75.5 Å². The van der Waals surface area contributed by atoms with Gasteiger partial charge in [-0.3, -0.25) is 4.79 Å². The summed E-state index contributed by atoms with van der Waals surface area (Å²) in [5.74, 6) is -0.764. The molecular formula is C18H38KNO2. The quantitative estimate of drug-likeness (QED) is 0.303. The third-order valence-electron chi connectivity index (χ3n) is 3.98. The van der Waals surface area contributed by atoms with E-state index >= 15 is 0 Å². The summed E-state index contributed by atoms with van der Waals surface area (Å²) in [4.78, 5) is 10.3. The second-order valence-electron chi connectivity index (χ2n) is 6.17. The van der Waals surface area contributed by atoms with Crippen molar-refractivity contribution < 1.29 is 9.90 Å². The number of carbonyl (C=O) groups is 1. The van der Waals surface area contributed by atoms with Crippen molar-refractivity contribution in [3.8, 4) is 0 Å². The fourth-order valence-electron chi connectivity index (χ4n) is 2.64. The van der Waals surface area contributed by atoms with Crippen molar-refractivity contribution in [3.63, 3.8) is 0 Å². The molecule has 0 saturated carbocycles. The SMILES string of the molecule is CCCCCCCCCCCCCCCCNCC(=O)O.[KH]. The van der Waals surface area contributed by atoms with E-state index in [0.717, 1.165) is 13.0 Å². The molecule has 0 aromatic rings. The van der Waals surface area contributed by atoms with Crippen molar-refractivity contribution >= 4 is 57.4 Å². The molecule has 0 heterocycles. The van der Waals surface area contributed by atoms with Gasteiger partial charge in [0.15, 0.2) is 0 Å². The first kappa shape index (κ1) is 25.3. The summed E-state index contributed by atoms with van der Waals surface area (Å²) in [5, 5.41) is 11.4. The number of carboxylic acid groups (broad SMARTS) is 1. The molecule has 0 bridgehead atoms. The van der Waals surface area contributed by atoms with Crippen molar-refractivity contribution in [2.45, 2.75) is 96.8 Å². The Balaban J connectivity index is 0. The summed E-state index contributed by atoms with van der Waals surface area (Å²) < 4.78 is 0. The summed E-state index contributed by atoms with van der Waals surface area (Å²) in [5.41, 5.74) is 0. The van der Waals surface area contributed by atoms with Gasteiger partial charge in [-0.1, -0.05) is 90.4 Å². The van der Waals surface area contributed by atoms with Gasteiger partial charge in [0.2, 0.25) is 0 Å². The molecule has 0 spiro atoms. The maximum absolute atomic E-state index is 10.3. The van der Waals surface area contributed by atoms with Crippen LogP contribution in [0.1, 0.15) is 96.8 Å². The van der Waals surface area contributed by atoms with Gasteiger partial charge < -0.3 is 10.4 Å². The predicted octanol–water partition coefficient (Wildman–Crippen LogP) is 4.49. The Morgan fingerprint density at radius 2 is 1.09 bits per heavy atom. The number of rotatable bonds is 17. The number of hydrogen-bond donors (Lipinski definition) is 2. The summed E-state index contributed by atoms with van der Waals surface area (Å²) >= 11 is 0. The van der Waals surface area contributed by atoms with Gasteiger partial charge in [-0.2, -0.15) is 0 Å². The zero-order valence-corrected chi connectivity index (χ0v) is 14.2. The van der Waals surface area contributed by atoms with Crippen molar-refractivity contribution in [2.24, 2.45) is 0 Å². The molecule has 0 amide bonds. The summed E-state index contributed by atoms with van der Waals surface area (Å²) in [6.07, 6.45) is 19.0. The van der Waals surface area contributed by atoms with Crippen LogP contribution in [0.2, 0.25) is 0 Å². The van der Waals surface area contributed by atoms with Gasteiger partial charge in [-0.15, -0.1) is 0 Å². The van der Waals surface area contributed by atoms with Crippen LogP contribution in [0, 0.1) is 0 Å². The zero-order chi connectivity index (χ0) is 15.6. The van der Waals surface area contributed by atoms with E-state index in [-0.39, 0.29) is 57.9 Å². The molecule has 128 valence electrons. The molecule has 0 saturated heterocycles. The van der Waals surface area contributed by atoms with E-state index in [4.69, 9.17) is 5.11 Å². The summed E-state index contributed by atoms with van der Waals surface area (Å²) in [6.45, 7) is 3.20. The molecule has 0 unspecified atom stereocenters. The summed E-state index contributed by atoms with van der Waals surface area (Å²) in [6, 6.07) is 0. The molecule has 4 heteroatoms. The second kappa shape index (κ2) is 22.1. The average Bonchev–Trinajstić information content (AvgIpc) is 2.46. The second-order valence-corrected chi connectivity index (χ2v) is 6.17. The normalized spacial score (nSPS) is 10.4. The monoisotopic (exact) mass is 339 g/mol. The molecule has 0 fully saturated rings. The Hall–Kier alpha value is 1.07. The molecule has 0 rings (SSSR count). The van der Waals surface area contributed by atoms with Crippen LogP contribution in [0.15, 0.2) is 0 Å². The van der Waals surface area contributed by atoms with Gasteiger partial charge in [0.1, 0.15) is 0 Å². The molecule has 3 nitrogen and oxygen atoms in total. The Bertz CT molecular complexity index is 225. The van der Waals surface area contributed by atoms with Gasteiger partial charge in [0, 0.05) is 0 Å². The molecule has 0 aliphatic heterocycles. The molecular weight excluding hydrogens is 301 g/mol. The van der Waals surface area contributed by atoms with Crippen molar-refractivity contribution in [3.05, 3.63) is 0 Å². The van der Waals surface area contributed by atoms with Gasteiger partial charge in [0.25, 0.3) is 0 Å². The first-order valence-corrected chi connectivity index (χ1v) is 9.20. The molecule has 0 atom stereocenters. The van der Waals surface area contributed by atoms with Gasteiger partial charge in [-0.05, 0) is 13.0 Å². The zero-order valence-electron chi connectivity index (χ0n) is 14.2. The fraction of sp³-hybridized carbons (Fsp3) is 0.944. The van der Waals surface area contributed by atoms with Crippen LogP contribution in [0.25, 0.3) is 0 Å². The van der Waals surface area contributed by atoms with Crippen LogP contribution in [-0.2, 0) is 4.79 Å². The minimum atomic E-state index is -0.764. The van der Waals surface area contributed by atoms with Gasteiger partial charge >= 0.3 is 57.4 Å². The number of nitrogens with one attached hydrogen (secondary N) is 1. The molecule has 0 aliphatic rings. The Morgan fingerprint density at radius 1 is 0.727 bits per heavy atom. The molecule has 0 aromatic carbocycles. The Morgan fingerprint density at radius 3 is 1.45 bits per heavy atom. The van der Waals surface area contributed by atoms with E-state index in [1.165, 1.54) is 83.5 Å². The molecule has 22 heavy (non-hydrogen) atoms. The van der Waals surface area contributed by atoms with Crippen molar-refractivity contribution in [1.29, 1.82) is 0 Å². The van der Waals surface area contributed by atoms with E-state index in [1.807, 2.05) is 0 Å². The summed E-state index contributed by atoms with van der Waals surface area (Å²) in [7, 11) is 0. The first-order chi connectivity index (χ1) is 10.3. The van der Waals surface area contributed by atoms with Crippen LogP contribution in [0.3, 0.4) is 0 Å². The van der Waals surface area contributed by atoms with Crippen LogP contribution in [0.5, 0.6) is 0 Å². The standard InChI is InChI=1S/C18H37NO2.K.H/c1-2-3-4-5-6-7-8-9-10-11-12-13-14-15-16-19-17-18(20)21;;/h19H,2-17H2,1H3,(H,20,21);;. The fourth-order valence-corrected chi connectivity index (χ4v) is 2.64. The van der Waals surface area contributed by atoms with Crippen molar-refractivity contribution in [2.75, 3.05) is 13.1 Å². The Labute approximate surface area is 180 Å². The molecule has 2 N–H and O–H groups in total. The van der Waals surface area contributed by atoms with Crippen LogP contribution in [0.4, 0.5) is 0 Å². The van der Waals surface area contributed by atoms with Crippen LogP contribution < -0.4 is 5.32 Å². The predicted molar refractivity (Wildman–Crippen MR) is 98.0 cm³/mol. The topological polar surface area (TPSA) is 49.3 Å². The third-order valence-corrected chi connectivity index (χ3v) is 3.98. The average molecular weight is 340 g/mol. The van der Waals surface area contributed by atoms with E-state index in [9.17, 15) is 4.79 Å². The minimum absolute atomic E-state index is 0. The molecule has 0 radical (unpaired) electrons. The number of aliphatic carboxylic acids is 1. The van der Waals surface area contributed by atoms with Gasteiger partial charge in [0.05, 0.1) is 6.54 Å². The first-order valence-electron chi connectivity index (χ1n) is 9.20. The third kappa shape index (κ3) is 23.3. The van der Waals surface area contributed by atoms with E-state index in [2.05, 4.69) is 12.2 Å². The van der Waals surface area contributed by atoms with Crippen LogP contribution >= 0.6 is 0 Å². The number of hydrogen-bond acceptors (Lipinski definition) is 2. The van der Waals surface area contributed by atoms with Crippen molar-refractivity contribution in [1.82, 2.24) is 5.32 Å². The maximum atomic E-state index is 10.3. The van der Waals surface area contributed by atoms with E-state index in [0.29, 0.717) is 0 Å². The molecule has 0 aromatic heterocycles. The van der Waals surface area contributed by atoms with E-state index < -0.39 is 5.97 Å². The number of unbranched alkanes of at least 4 members (excludes halogenated alkanes) is 13. The van der Waals surface area contributed by atoms with E-state index in [1.54, 1.807) is 0 Å². The molecule has 0 aliphatic carbocycles. The van der Waals surface area contributed by atoms with Gasteiger partial charge in [-0.25, -0.2) is 0 Å². The number of carboxylic acids is 1. The Kier molecular flexibility index (Phi) is 25.4.